The third-order valence-electron chi connectivity index (χ3n) is 3.75. The van der Waals surface area contributed by atoms with Crippen molar-refractivity contribution < 1.29 is 29.0 Å². The molecule has 0 aliphatic carbocycles. The van der Waals surface area contributed by atoms with Gasteiger partial charge in [-0.3, -0.25) is 9.59 Å². The molecule has 1 aliphatic heterocycles. The Morgan fingerprint density at radius 1 is 1.04 bits per heavy atom. The summed E-state index contributed by atoms with van der Waals surface area (Å²) in [5.41, 5.74) is -1.39. The Bertz CT molecular complexity index is 503. The van der Waals surface area contributed by atoms with Crippen molar-refractivity contribution in [3.8, 4) is 0 Å². The van der Waals surface area contributed by atoms with Crippen LogP contribution in [0, 0.1) is 5.92 Å². The zero-order chi connectivity index (χ0) is 19.4. The summed E-state index contributed by atoms with van der Waals surface area (Å²) in [6, 6.07) is -0.350. The summed E-state index contributed by atoms with van der Waals surface area (Å²) < 4.78 is 10.6. The lowest BCUT2D eigenvalue weighted by Gasteiger charge is -2.37. The van der Waals surface area contributed by atoms with Gasteiger partial charge in [0.1, 0.15) is 11.2 Å². The summed E-state index contributed by atoms with van der Waals surface area (Å²) in [7, 11) is 0. The van der Waals surface area contributed by atoms with E-state index in [0.717, 1.165) is 12.8 Å². The Morgan fingerprint density at radius 3 is 2.08 bits per heavy atom. The normalized spacial score (nSPS) is 19.9. The fourth-order valence-electron chi connectivity index (χ4n) is 2.75. The third kappa shape index (κ3) is 7.32. The van der Waals surface area contributed by atoms with Crippen molar-refractivity contribution in [1.82, 2.24) is 4.90 Å². The Morgan fingerprint density at radius 2 is 1.60 bits per heavy atom. The van der Waals surface area contributed by atoms with E-state index in [-0.39, 0.29) is 12.5 Å². The first-order chi connectivity index (χ1) is 11.3. The van der Waals surface area contributed by atoms with Gasteiger partial charge in [-0.05, 0) is 67.2 Å². The average molecular weight is 357 g/mol. The van der Waals surface area contributed by atoms with Gasteiger partial charge in [0.25, 0.3) is 0 Å². The number of aliphatic carboxylic acids is 1. The second-order valence-corrected chi connectivity index (χ2v) is 8.48. The fourth-order valence-corrected chi connectivity index (χ4v) is 2.75. The minimum Gasteiger partial charge on any atom is -0.481 e. The molecule has 1 aliphatic rings. The fraction of sp³-hybridized carbons (Fsp3) is 0.833. The molecule has 25 heavy (non-hydrogen) atoms. The van der Waals surface area contributed by atoms with E-state index in [1.165, 1.54) is 0 Å². The van der Waals surface area contributed by atoms with Gasteiger partial charge in [-0.1, -0.05) is 0 Å². The lowest BCUT2D eigenvalue weighted by atomic mass is 9.92. The molecule has 0 radical (unpaired) electrons. The van der Waals surface area contributed by atoms with Gasteiger partial charge < -0.3 is 19.5 Å². The molecule has 1 saturated heterocycles. The molecule has 2 unspecified atom stereocenters. The number of carbonyl (C=O) groups is 3. The van der Waals surface area contributed by atoms with Gasteiger partial charge in [0.15, 0.2) is 5.92 Å². The van der Waals surface area contributed by atoms with Crippen LogP contribution in [0.2, 0.25) is 0 Å². The number of esters is 1. The monoisotopic (exact) mass is 357 g/mol. The quantitative estimate of drug-likeness (QED) is 0.613. The molecule has 0 aromatic heterocycles. The molecule has 7 heteroatoms. The molecule has 0 saturated carbocycles. The Hall–Kier alpha value is -1.79. The maximum Gasteiger partial charge on any atom is 0.410 e. The van der Waals surface area contributed by atoms with Gasteiger partial charge in [0.2, 0.25) is 0 Å². The van der Waals surface area contributed by atoms with Crippen LogP contribution in [-0.2, 0) is 19.1 Å². The number of hydrogen-bond donors (Lipinski definition) is 1. The molecule has 0 aromatic carbocycles. The van der Waals surface area contributed by atoms with Crippen LogP contribution in [0.5, 0.6) is 0 Å². The molecule has 0 spiro atoms. The number of rotatable bonds is 4. The van der Waals surface area contributed by atoms with Crippen molar-refractivity contribution in [3.63, 3.8) is 0 Å². The smallest absolute Gasteiger partial charge is 0.410 e. The standard InChI is InChI=1S/C18H31NO6/c1-17(2,3)24-15(22)13(14(20)21)11-12-9-7-8-10-19(12)16(23)25-18(4,5)6/h12-13H,7-11H2,1-6H3,(H,20,21). The van der Waals surface area contributed by atoms with Crippen molar-refractivity contribution in [2.45, 2.75) is 84.5 Å². The van der Waals surface area contributed by atoms with E-state index >= 15 is 0 Å². The lowest BCUT2D eigenvalue weighted by molar-refractivity contribution is -0.168. The summed E-state index contributed by atoms with van der Waals surface area (Å²) in [6.07, 6.45) is 1.92. The summed E-state index contributed by atoms with van der Waals surface area (Å²) >= 11 is 0. The highest BCUT2D eigenvalue weighted by atomic mass is 16.6. The van der Waals surface area contributed by atoms with E-state index in [1.54, 1.807) is 46.4 Å². The van der Waals surface area contributed by atoms with Gasteiger partial charge in [0, 0.05) is 12.6 Å². The lowest BCUT2D eigenvalue weighted by Crippen LogP contribution is -2.48. The summed E-state index contributed by atoms with van der Waals surface area (Å²) in [5, 5.41) is 9.45. The molecule has 1 rings (SSSR count). The van der Waals surface area contributed by atoms with E-state index in [2.05, 4.69) is 0 Å². The second-order valence-electron chi connectivity index (χ2n) is 8.48. The van der Waals surface area contributed by atoms with Crippen LogP contribution in [0.15, 0.2) is 0 Å². The van der Waals surface area contributed by atoms with Crippen LogP contribution in [0.1, 0.15) is 67.2 Å². The highest BCUT2D eigenvalue weighted by molar-refractivity contribution is 5.94. The highest BCUT2D eigenvalue weighted by Gasteiger charge is 2.38. The molecule has 0 bridgehead atoms. The van der Waals surface area contributed by atoms with Gasteiger partial charge in [-0.2, -0.15) is 0 Å². The van der Waals surface area contributed by atoms with Crippen LogP contribution in [0.25, 0.3) is 0 Å². The molecule has 1 fully saturated rings. The molecule has 144 valence electrons. The SMILES string of the molecule is CC(C)(C)OC(=O)C(CC1CCCCN1C(=O)OC(C)(C)C)C(=O)O. The van der Waals surface area contributed by atoms with Gasteiger partial charge >= 0.3 is 18.0 Å². The zero-order valence-electron chi connectivity index (χ0n) is 16.1. The Kier molecular flexibility index (Phi) is 6.85. The van der Waals surface area contributed by atoms with Crippen LogP contribution < -0.4 is 0 Å². The van der Waals surface area contributed by atoms with Crippen molar-refractivity contribution in [3.05, 3.63) is 0 Å². The number of hydrogen-bond acceptors (Lipinski definition) is 5. The van der Waals surface area contributed by atoms with Gasteiger partial charge in [-0.15, -0.1) is 0 Å². The molecule has 0 aromatic rings. The number of carboxylic acids is 1. The number of piperidine rings is 1. The molecule has 1 amide bonds. The van der Waals surface area contributed by atoms with Crippen molar-refractivity contribution in [1.29, 1.82) is 0 Å². The summed E-state index contributed by atoms with van der Waals surface area (Å²) in [5.74, 6) is -3.30. The first kappa shape index (κ1) is 21.3. The van der Waals surface area contributed by atoms with Gasteiger partial charge in [0.05, 0.1) is 0 Å². The Labute approximate surface area is 149 Å². The topological polar surface area (TPSA) is 93.1 Å². The molecule has 2 atom stereocenters. The molecule has 1 heterocycles. The maximum atomic E-state index is 12.4. The first-order valence-corrected chi connectivity index (χ1v) is 8.75. The number of carbonyl (C=O) groups excluding carboxylic acids is 2. The van der Waals surface area contributed by atoms with Crippen molar-refractivity contribution >= 4 is 18.0 Å². The molecule has 1 N–H and O–H groups in total. The van der Waals surface area contributed by atoms with Crippen molar-refractivity contribution in [2.24, 2.45) is 5.92 Å². The third-order valence-corrected chi connectivity index (χ3v) is 3.75. The number of likely N-dealkylation sites (tertiary alicyclic amines) is 1. The predicted octanol–water partition coefficient (Wildman–Crippen LogP) is 3.21. The number of ether oxygens (including phenoxy) is 2. The maximum absolute atomic E-state index is 12.4. The van der Waals surface area contributed by atoms with E-state index in [0.29, 0.717) is 13.0 Å². The van der Waals surface area contributed by atoms with Crippen LogP contribution in [0.4, 0.5) is 4.79 Å². The number of nitrogens with zero attached hydrogens (tertiary/aromatic N) is 1. The minimum absolute atomic E-state index is 0.0312. The summed E-state index contributed by atoms with van der Waals surface area (Å²) in [4.78, 5) is 37.8. The Balaban J connectivity index is 2.87. The van der Waals surface area contributed by atoms with E-state index in [1.807, 2.05) is 0 Å². The van der Waals surface area contributed by atoms with Crippen LogP contribution in [-0.4, -0.2) is 51.8 Å². The average Bonchev–Trinajstić information content (AvgIpc) is 2.40. The largest absolute Gasteiger partial charge is 0.481 e. The molecular formula is C18H31NO6. The van der Waals surface area contributed by atoms with E-state index in [4.69, 9.17) is 9.47 Å². The van der Waals surface area contributed by atoms with Gasteiger partial charge in [-0.25, -0.2) is 4.79 Å². The van der Waals surface area contributed by atoms with Crippen LogP contribution >= 0.6 is 0 Å². The zero-order valence-corrected chi connectivity index (χ0v) is 16.1. The predicted molar refractivity (Wildman–Crippen MR) is 92.2 cm³/mol. The van der Waals surface area contributed by atoms with E-state index in [9.17, 15) is 19.5 Å². The molecule has 7 nitrogen and oxygen atoms in total. The minimum atomic E-state index is -1.30. The van der Waals surface area contributed by atoms with Crippen LogP contribution in [0.3, 0.4) is 0 Å². The number of amides is 1. The van der Waals surface area contributed by atoms with Crippen molar-refractivity contribution in [2.75, 3.05) is 6.54 Å². The van der Waals surface area contributed by atoms with E-state index < -0.39 is 35.2 Å². The highest BCUT2D eigenvalue weighted by Crippen LogP contribution is 2.26. The second kappa shape index (κ2) is 8.06. The summed E-state index contributed by atoms with van der Waals surface area (Å²) in [6.45, 7) is 10.9. The molecular weight excluding hydrogens is 326 g/mol. The first-order valence-electron chi connectivity index (χ1n) is 8.75. The number of carboxylic acid groups (broad SMARTS) is 1.